The second-order valence-electron chi connectivity index (χ2n) is 2.07. The molecule has 0 amide bonds. The van der Waals surface area contributed by atoms with E-state index in [1.54, 1.807) is 0 Å². The maximum atomic E-state index is 10.4. The van der Waals surface area contributed by atoms with E-state index in [2.05, 4.69) is 9.47 Å². The highest BCUT2D eigenvalue weighted by Gasteiger charge is 2.25. The van der Waals surface area contributed by atoms with Gasteiger partial charge >= 0.3 is 11.9 Å². The molecule has 4 nitrogen and oxygen atoms in total. The molecule has 1 rings (SSSR count). The molecule has 1 saturated heterocycles. The zero-order valence-corrected chi connectivity index (χ0v) is 5.62. The average Bonchev–Trinajstić information content (AvgIpc) is 2.13. The number of carbonyl (C=O) groups excluding carboxylic acids is 2. The van der Waals surface area contributed by atoms with Gasteiger partial charge in [0.25, 0.3) is 0 Å². The van der Waals surface area contributed by atoms with Crippen molar-refractivity contribution in [3.63, 3.8) is 0 Å². The molecule has 1 unspecified atom stereocenters. The molecule has 1 aliphatic heterocycles. The molecular weight excluding hydrogens is 136 g/mol. The number of hydrogen-bond acceptors (Lipinski definition) is 4. The summed E-state index contributed by atoms with van der Waals surface area (Å²) in [5, 5.41) is 0. The molecule has 0 bridgehead atoms. The highest BCUT2D eigenvalue weighted by atomic mass is 16.7. The van der Waals surface area contributed by atoms with Gasteiger partial charge in [-0.2, -0.15) is 0 Å². The van der Waals surface area contributed by atoms with Crippen LogP contribution in [0.25, 0.3) is 0 Å². The second-order valence-corrected chi connectivity index (χ2v) is 2.07. The smallest absolute Gasteiger partial charge is 0.309 e. The monoisotopic (exact) mass is 144 g/mol. The Morgan fingerprint density at radius 2 is 2.50 bits per heavy atom. The third-order valence-corrected chi connectivity index (χ3v) is 1.14. The zero-order valence-electron chi connectivity index (χ0n) is 5.62. The quantitative estimate of drug-likeness (QED) is 0.494. The maximum absolute atomic E-state index is 10.4. The highest BCUT2D eigenvalue weighted by molar-refractivity contribution is 5.72. The Labute approximate surface area is 58.1 Å². The van der Waals surface area contributed by atoms with E-state index in [0.29, 0.717) is 12.8 Å². The predicted octanol–water partition coefficient (Wildman–Crippen LogP) is 0.213. The van der Waals surface area contributed by atoms with Crippen molar-refractivity contribution in [3.8, 4) is 0 Å². The zero-order chi connectivity index (χ0) is 7.56. The van der Waals surface area contributed by atoms with Crippen LogP contribution in [0, 0.1) is 0 Å². The Hall–Kier alpha value is -1.06. The van der Waals surface area contributed by atoms with Crippen molar-refractivity contribution in [3.05, 3.63) is 0 Å². The molecule has 10 heavy (non-hydrogen) atoms. The van der Waals surface area contributed by atoms with Gasteiger partial charge in [-0.1, -0.05) is 0 Å². The molecule has 0 aliphatic carbocycles. The molecule has 0 aromatic carbocycles. The Bertz CT molecular complexity index is 163. The molecule has 1 heterocycles. The number of rotatable bonds is 1. The van der Waals surface area contributed by atoms with Gasteiger partial charge in [0.1, 0.15) is 0 Å². The van der Waals surface area contributed by atoms with Crippen LogP contribution in [-0.2, 0) is 19.1 Å². The standard InChI is InChI=1S/C6H8O4/c1-4(7)9-6-3-2-5(8)10-6/h6H,2-3H2,1H3. The molecule has 0 spiro atoms. The van der Waals surface area contributed by atoms with Crippen LogP contribution in [0.5, 0.6) is 0 Å². The molecule has 1 aliphatic rings. The van der Waals surface area contributed by atoms with Crippen molar-refractivity contribution in [2.75, 3.05) is 0 Å². The Morgan fingerprint density at radius 3 is 2.90 bits per heavy atom. The van der Waals surface area contributed by atoms with E-state index in [9.17, 15) is 9.59 Å². The summed E-state index contributed by atoms with van der Waals surface area (Å²) < 4.78 is 9.19. The normalized spacial score (nSPS) is 24.1. The first-order valence-corrected chi connectivity index (χ1v) is 3.05. The fraction of sp³-hybridized carbons (Fsp3) is 0.667. The summed E-state index contributed by atoms with van der Waals surface area (Å²) in [7, 11) is 0. The first kappa shape index (κ1) is 7.05. The van der Waals surface area contributed by atoms with Gasteiger partial charge in [-0.25, -0.2) is 0 Å². The van der Waals surface area contributed by atoms with Gasteiger partial charge in [0.2, 0.25) is 6.29 Å². The van der Waals surface area contributed by atoms with E-state index in [0.717, 1.165) is 0 Å². The van der Waals surface area contributed by atoms with Gasteiger partial charge in [0.05, 0.1) is 6.42 Å². The summed E-state index contributed by atoms with van der Waals surface area (Å²) in [6.07, 6.45) is 0.195. The fourth-order valence-corrected chi connectivity index (χ4v) is 0.768. The lowest BCUT2D eigenvalue weighted by molar-refractivity contribution is -0.174. The van der Waals surface area contributed by atoms with E-state index in [4.69, 9.17) is 0 Å². The molecule has 4 heteroatoms. The molecule has 0 saturated carbocycles. The van der Waals surface area contributed by atoms with Crippen LogP contribution in [0.1, 0.15) is 19.8 Å². The lowest BCUT2D eigenvalue weighted by Gasteiger charge is -2.07. The number of cyclic esters (lactones) is 1. The minimum absolute atomic E-state index is 0.300. The summed E-state index contributed by atoms with van der Waals surface area (Å²) in [5.74, 6) is -0.717. The number of hydrogen-bond donors (Lipinski definition) is 0. The predicted molar refractivity (Wildman–Crippen MR) is 30.9 cm³/mol. The third kappa shape index (κ3) is 1.72. The third-order valence-electron chi connectivity index (χ3n) is 1.14. The van der Waals surface area contributed by atoms with Gasteiger partial charge in [-0.15, -0.1) is 0 Å². The summed E-state index contributed by atoms with van der Waals surface area (Å²) in [4.78, 5) is 20.7. The average molecular weight is 144 g/mol. The number of ether oxygens (including phenoxy) is 2. The van der Waals surface area contributed by atoms with Crippen LogP contribution in [0.2, 0.25) is 0 Å². The highest BCUT2D eigenvalue weighted by Crippen LogP contribution is 2.14. The van der Waals surface area contributed by atoms with Crippen LogP contribution < -0.4 is 0 Å². The minimum atomic E-state index is -0.634. The van der Waals surface area contributed by atoms with E-state index >= 15 is 0 Å². The van der Waals surface area contributed by atoms with Gasteiger partial charge < -0.3 is 9.47 Å². The summed E-state index contributed by atoms with van der Waals surface area (Å²) in [6.45, 7) is 1.28. The van der Waals surface area contributed by atoms with Crippen LogP contribution >= 0.6 is 0 Å². The molecule has 0 aromatic heterocycles. The van der Waals surface area contributed by atoms with Crippen LogP contribution in [-0.4, -0.2) is 18.2 Å². The number of esters is 2. The lowest BCUT2D eigenvalue weighted by atomic mass is 10.3. The second kappa shape index (κ2) is 2.68. The molecular formula is C6H8O4. The molecule has 0 aromatic rings. The topological polar surface area (TPSA) is 52.6 Å². The molecule has 0 N–H and O–H groups in total. The van der Waals surface area contributed by atoms with Crippen LogP contribution in [0.4, 0.5) is 0 Å². The maximum Gasteiger partial charge on any atom is 0.309 e. The Kier molecular flexibility index (Phi) is 1.89. The molecule has 56 valence electrons. The van der Waals surface area contributed by atoms with E-state index in [1.807, 2.05) is 0 Å². The van der Waals surface area contributed by atoms with Crippen molar-refractivity contribution in [2.24, 2.45) is 0 Å². The van der Waals surface area contributed by atoms with Crippen molar-refractivity contribution in [1.29, 1.82) is 0 Å². The molecule has 1 atom stereocenters. The molecule has 0 radical (unpaired) electrons. The Morgan fingerprint density at radius 1 is 1.80 bits per heavy atom. The van der Waals surface area contributed by atoms with E-state index in [1.165, 1.54) is 6.92 Å². The van der Waals surface area contributed by atoms with Gasteiger partial charge in [-0.3, -0.25) is 9.59 Å². The van der Waals surface area contributed by atoms with Crippen LogP contribution in [0.3, 0.4) is 0 Å². The van der Waals surface area contributed by atoms with Crippen molar-refractivity contribution < 1.29 is 19.1 Å². The number of carbonyl (C=O) groups is 2. The van der Waals surface area contributed by atoms with Crippen molar-refractivity contribution >= 4 is 11.9 Å². The molecule has 1 fully saturated rings. The summed E-state index contributed by atoms with van der Waals surface area (Å²) in [6, 6.07) is 0. The fourth-order valence-electron chi connectivity index (χ4n) is 0.768. The first-order chi connectivity index (χ1) is 4.68. The largest absolute Gasteiger partial charge is 0.425 e. The first-order valence-electron chi connectivity index (χ1n) is 3.05. The summed E-state index contributed by atoms with van der Waals surface area (Å²) >= 11 is 0. The van der Waals surface area contributed by atoms with Gasteiger partial charge in [0.15, 0.2) is 0 Å². The van der Waals surface area contributed by atoms with E-state index < -0.39 is 12.3 Å². The Balaban J connectivity index is 2.31. The van der Waals surface area contributed by atoms with E-state index in [-0.39, 0.29) is 5.97 Å². The summed E-state index contributed by atoms with van der Waals surface area (Å²) in [5.41, 5.74) is 0. The van der Waals surface area contributed by atoms with Gasteiger partial charge in [0, 0.05) is 13.3 Å². The minimum Gasteiger partial charge on any atom is -0.425 e. The van der Waals surface area contributed by atoms with Gasteiger partial charge in [-0.05, 0) is 0 Å². The van der Waals surface area contributed by atoms with Crippen LogP contribution in [0.15, 0.2) is 0 Å². The van der Waals surface area contributed by atoms with Crippen molar-refractivity contribution in [1.82, 2.24) is 0 Å². The lowest BCUT2D eigenvalue weighted by Crippen LogP contribution is -2.14. The SMILES string of the molecule is CC(=O)OC1CCC(=O)O1. The van der Waals surface area contributed by atoms with Crippen molar-refractivity contribution in [2.45, 2.75) is 26.1 Å².